The zero-order valence-electron chi connectivity index (χ0n) is 13.5. The lowest BCUT2D eigenvalue weighted by molar-refractivity contribution is 0.386. The summed E-state index contributed by atoms with van der Waals surface area (Å²) in [7, 11) is 2.15. The first-order valence-corrected chi connectivity index (χ1v) is 7.17. The first-order valence-electron chi connectivity index (χ1n) is 7.17. The van der Waals surface area contributed by atoms with E-state index in [1.165, 1.54) is 22.3 Å². The van der Waals surface area contributed by atoms with E-state index in [1.54, 1.807) is 0 Å². The third-order valence-corrected chi connectivity index (χ3v) is 3.06. The second kappa shape index (κ2) is 9.57. The molecule has 1 nitrogen and oxygen atoms in total. The Morgan fingerprint density at radius 1 is 1.16 bits per heavy atom. The van der Waals surface area contributed by atoms with Crippen molar-refractivity contribution in [3.63, 3.8) is 0 Å². The van der Waals surface area contributed by atoms with Gasteiger partial charge < -0.3 is 0 Å². The fourth-order valence-corrected chi connectivity index (χ4v) is 2.28. The van der Waals surface area contributed by atoms with Gasteiger partial charge in [0.25, 0.3) is 0 Å². The minimum Gasteiger partial charge on any atom is -0.298 e. The lowest BCUT2D eigenvalue weighted by atomic mass is 9.88. The van der Waals surface area contributed by atoms with E-state index >= 15 is 0 Å². The molecule has 0 bridgehead atoms. The molecule has 0 atom stereocenters. The van der Waals surface area contributed by atoms with Crippen molar-refractivity contribution in [2.75, 3.05) is 20.1 Å². The third-order valence-electron chi connectivity index (χ3n) is 3.06. The lowest BCUT2D eigenvalue weighted by Crippen LogP contribution is -2.29. The van der Waals surface area contributed by atoms with Gasteiger partial charge in [-0.1, -0.05) is 50.8 Å². The molecule has 1 heteroatoms. The minimum atomic E-state index is 0.977. The Balaban J connectivity index is 0.00000154. The van der Waals surface area contributed by atoms with Crippen LogP contribution in [0.25, 0.3) is 0 Å². The van der Waals surface area contributed by atoms with E-state index in [0.29, 0.717) is 0 Å². The van der Waals surface area contributed by atoms with Crippen LogP contribution in [0.1, 0.15) is 34.6 Å². The largest absolute Gasteiger partial charge is 0.298 e. The van der Waals surface area contributed by atoms with Crippen molar-refractivity contribution in [2.45, 2.75) is 34.6 Å². The SMILES string of the molecule is C=CC1=C(C(/C=C\C)=C\C)/C(=C\C)CN(C)C1.CC. The summed E-state index contributed by atoms with van der Waals surface area (Å²) >= 11 is 0. The van der Waals surface area contributed by atoms with Gasteiger partial charge in [0.15, 0.2) is 0 Å². The monoisotopic (exact) mass is 259 g/mol. The quantitative estimate of drug-likeness (QED) is 0.651. The zero-order valence-corrected chi connectivity index (χ0v) is 13.5. The van der Waals surface area contributed by atoms with E-state index in [0.717, 1.165) is 13.1 Å². The van der Waals surface area contributed by atoms with Crippen LogP contribution in [0.5, 0.6) is 0 Å². The van der Waals surface area contributed by atoms with Crippen molar-refractivity contribution in [1.29, 1.82) is 0 Å². The molecular formula is C18H29N. The van der Waals surface area contributed by atoms with Gasteiger partial charge in [-0.25, -0.2) is 0 Å². The molecule has 0 aliphatic carbocycles. The van der Waals surface area contributed by atoms with Crippen molar-refractivity contribution >= 4 is 0 Å². The normalized spacial score (nSPS) is 19.7. The van der Waals surface area contributed by atoms with Gasteiger partial charge in [0.1, 0.15) is 0 Å². The molecule has 1 aliphatic heterocycles. The summed E-state index contributed by atoms with van der Waals surface area (Å²) in [6, 6.07) is 0. The van der Waals surface area contributed by atoms with Gasteiger partial charge in [0.2, 0.25) is 0 Å². The molecule has 0 aromatic heterocycles. The summed E-state index contributed by atoms with van der Waals surface area (Å²) in [5.41, 5.74) is 5.36. The average Bonchev–Trinajstić information content (AvgIpc) is 2.46. The van der Waals surface area contributed by atoms with Crippen molar-refractivity contribution in [1.82, 2.24) is 4.90 Å². The summed E-state index contributed by atoms with van der Waals surface area (Å²) < 4.78 is 0. The second-order valence-corrected chi connectivity index (χ2v) is 4.33. The predicted octanol–water partition coefficient (Wildman–Crippen LogP) is 4.91. The maximum absolute atomic E-state index is 3.95. The maximum Gasteiger partial charge on any atom is 0.0240 e. The first-order chi connectivity index (χ1) is 9.17. The third kappa shape index (κ3) is 4.68. The molecule has 0 aromatic rings. The average molecular weight is 259 g/mol. The molecule has 19 heavy (non-hydrogen) atoms. The van der Waals surface area contributed by atoms with E-state index < -0.39 is 0 Å². The summed E-state index contributed by atoms with van der Waals surface area (Å²) in [4.78, 5) is 2.32. The highest BCUT2D eigenvalue weighted by Gasteiger charge is 2.19. The molecule has 1 heterocycles. The van der Waals surface area contributed by atoms with Crippen molar-refractivity contribution in [3.05, 3.63) is 59.3 Å². The second-order valence-electron chi connectivity index (χ2n) is 4.33. The highest BCUT2D eigenvalue weighted by molar-refractivity contribution is 5.58. The number of allylic oxidation sites excluding steroid dienone is 5. The van der Waals surface area contributed by atoms with Crippen LogP contribution in [0, 0.1) is 0 Å². The Labute approximate surface area is 119 Å². The molecule has 0 saturated heterocycles. The van der Waals surface area contributed by atoms with Crippen LogP contribution in [0.15, 0.2) is 59.3 Å². The van der Waals surface area contributed by atoms with Crippen LogP contribution in [-0.4, -0.2) is 25.0 Å². The Morgan fingerprint density at radius 2 is 1.79 bits per heavy atom. The standard InChI is InChI=1S/C16H23N.C2H6/c1-6-10-13(7-2)16-14(8-3)11-17(5)12-15(16)9-4;1-2/h6-10H,3,11-12H2,1-2,4-5H3;1-2H3/b10-6-,13-7-,15-9-;. The Morgan fingerprint density at radius 3 is 2.21 bits per heavy atom. The highest BCUT2D eigenvalue weighted by Crippen LogP contribution is 2.29. The van der Waals surface area contributed by atoms with Gasteiger partial charge >= 0.3 is 0 Å². The van der Waals surface area contributed by atoms with Crippen LogP contribution < -0.4 is 0 Å². The van der Waals surface area contributed by atoms with Gasteiger partial charge in [-0.05, 0) is 50.1 Å². The van der Waals surface area contributed by atoms with Crippen molar-refractivity contribution in [2.24, 2.45) is 0 Å². The molecule has 0 N–H and O–H groups in total. The molecule has 1 rings (SSSR count). The summed E-state index contributed by atoms with van der Waals surface area (Å²) in [5, 5.41) is 0. The summed E-state index contributed by atoms with van der Waals surface area (Å²) in [6.07, 6.45) is 10.6. The molecule has 0 aromatic carbocycles. The van der Waals surface area contributed by atoms with Crippen LogP contribution in [0.2, 0.25) is 0 Å². The molecule has 1 aliphatic rings. The number of rotatable bonds is 3. The molecule has 106 valence electrons. The minimum absolute atomic E-state index is 0.977. The Kier molecular flexibility index (Phi) is 8.90. The van der Waals surface area contributed by atoms with Gasteiger partial charge in [-0.3, -0.25) is 4.90 Å². The number of hydrogen-bond acceptors (Lipinski definition) is 1. The smallest absolute Gasteiger partial charge is 0.0240 e. The van der Waals surface area contributed by atoms with E-state index in [9.17, 15) is 0 Å². The van der Waals surface area contributed by atoms with Crippen LogP contribution in [-0.2, 0) is 0 Å². The summed E-state index contributed by atoms with van der Waals surface area (Å²) in [5.74, 6) is 0. The van der Waals surface area contributed by atoms with Crippen LogP contribution >= 0.6 is 0 Å². The van der Waals surface area contributed by atoms with Gasteiger partial charge in [0.05, 0.1) is 0 Å². The number of likely N-dealkylation sites (N-methyl/N-ethyl adjacent to an activating group) is 1. The molecular weight excluding hydrogens is 230 g/mol. The number of nitrogens with zero attached hydrogens (tertiary/aromatic N) is 1. The zero-order chi connectivity index (χ0) is 14.8. The van der Waals surface area contributed by atoms with Gasteiger partial charge in [0, 0.05) is 13.1 Å². The van der Waals surface area contributed by atoms with E-state index in [4.69, 9.17) is 0 Å². The molecule has 0 saturated carbocycles. The van der Waals surface area contributed by atoms with Crippen LogP contribution in [0.4, 0.5) is 0 Å². The van der Waals surface area contributed by atoms with Gasteiger partial charge in [-0.2, -0.15) is 0 Å². The van der Waals surface area contributed by atoms with Gasteiger partial charge in [-0.15, -0.1) is 0 Å². The number of hydrogen-bond donors (Lipinski definition) is 0. The Hall–Kier alpha value is -1.34. The predicted molar refractivity (Wildman–Crippen MR) is 88.4 cm³/mol. The maximum atomic E-state index is 3.95. The molecule has 0 spiro atoms. The fourth-order valence-electron chi connectivity index (χ4n) is 2.28. The molecule has 0 radical (unpaired) electrons. The van der Waals surface area contributed by atoms with Crippen molar-refractivity contribution in [3.8, 4) is 0 Å². The fraction of sp³-hybridized carbons (Fsp3) is 0.444. The van der Waals surface area contributed by atoms with Crippen LogP contribution in [0.3, 0.4) is 0 Å². The van der Waals surface area contributed by atoms with E-state index in [2.05, 4.69) is 63.6 Å². The first kappa shape index (κ1) is 17.7. The summed E-state index contributed by atoms with van der Waals surface area (Å²) in [6.45, 7) is 16.2. The molecule has 0 fully saturated rings. The molecule has 0 unspecified atom stereocenters. The van der Waals surface area contributed by atoms with Crippen molar-refractivity contribution < 1.29 is 0 Å². The molecule has 0 amide bonds. The van der Waals surface area contributed by atoms with E-state index in [-0.39, 0.29) is 0 Å². The van der Waals surface area contributed by atoms with E-state index in [1.807, 2.05) is 19.9 Å². The highest BCUT2D eigenvalue weighted by atomic mass is 15.1. The topological polar surface area (TPSA) is 3.24 Å². The lowest BCUT2D eigenvalue weighted by Gasteiger charge is -2.29. The Bertz CT molecular complexity index is 405.